The van der Waals surface area contributed by atoms with Crippen molar-refractivity contribution in [3.8, 4) is 0 Å². The second-order valence-corrected chi connectivity index (χ2v) is 3.15. The van der Waals surface area contributed by atoms with Crippen molar-refractivity contribution in [1.29, 1.82) is 10.8 Å². The number of azo groups is 2. The summed E-state index contributed by atoms with van der Waals surface area (Å²) in [6, 6.07) is 0. The highest BCUT2D eigenvalue weighted by molar-refractivity contribution is 5.80. The first-order valence-electron chi connectivity index (χ1n) is 5.53. The molecular formula is C9H18N10. The van der Waals surface area contributed by atoms with Crippen LogP contribution in [0.5, 0.6) is 0 Å². The molecule has 0 radical (unpaired) electrons. The molecule has 0 aliphatic heterocycles. The lowest BCUT2D eigenvalue weighted by Crippen LogP contribution is -2.03. The molecule has 0 aliphatic carbocycles. The van der Waals surface area contributed by atoms with Crippen LogP contribution in [0.4, 0.5) is 0 Å². The molecule has 19 heavy (non-hydrogen) atoms. The van der Waals surface area contributed by atoms with E-state index in [4.69, 9.17) is 10.8 Å². The van der Waals surface area contributed by atoms with Crippen LogP contribution in [0.1, 0.15) is 20.3 Å². The second-order valence-electron chi connectivity index (χ2n) is 3.15. The van der Waals surface area contributed by atoms with Crippen molar-refractivity contribution in [3.63, 3.8) is 0 Å². The van der Waals surface area contributed by atoms with Crippen molar-refractivity contribution >= 4 is 24.3 Å². The van der Waals surface area contributed by atoms with Crippen LogP contribution < -0.4 is 10.9 Å². The van der Waals surface area contributed by atoms with Gasteiger partial charge >= 0.3 is 0 Å². The molecule has 0 heterocycles. The van der Waals surface area contributed by atoms with Crippen LogP contribution in [0.25, 0.3) is 0 Å². The van der Waals surface area contributed by atoms with Crippen LogP contribution in [0.15, 0.2) is 30.7 Å². The Morgan fingerprint density at radius 2 is 1.32 bits per heavy atom. The van der Waals surface area contributed by atoms with E-state index in [2.05, 4.69) is 41.5 Å². The molecule has 0 spiro atoms. The Balaban J connectivity index is 3.75. The first-order chi connectivity index (χ1) is 9.20. The highest BCUT2D eigenvalue weighted by Crippen LogP contribution is 1.88. The topological polar surface area (TPSA) is 146 Å². The maximum Gasteiger partial charge on any atom is 0.167 e. The Bertz CT molecular complexity index is 344. The molecule has 0 saturated carbocycles. The minimum atomic E-state index is 0.450. The van der Waals surface area contributed by atoms with Crippen LogP contribution in [0.3, 0.4) is 0 Å². The largest absolute Gasteiger partial charge is 0.290 e. The van der Waals surface area contributed by atoms with Gasteiger partial charge in [-0.1, -0.05) is 0 Å². The average Bonchev–Trinajstić information content (AvgIpc) is 2.41. The molecule has 0 fully saturated rings. The lowest BCUT2D eigenvalue weighted by molar-refractivity contribution is 0.790. The number of rotatable bonds is 8. The maximum absolute atomic E-state index is 6.70. The number of hydrazone groups is 2. The van der Waals surface area contributed by atoms with E-state index in [1.165, 1.54) is 0 Å². The smallest absolute Gasteiger partial charge is 0.167 e. The summed E-state index contributed by atoms with van der Waals surface area (Å²) in [6.07, 6.45) is 2.62. The van der Waals surface area contributed by atoms with Gasteiger partial charge in [0.05, 0.1) is 25.8 Å². The number of amidine groups is 2. The van der Waals surface area contributed by atoms with Gasteiger partial charge < -0.3 is 0 Å². The first-order valence-corrected chi connectivity index (χ1v) is 5.53. The molecule has 0 aromatic carbocycles. The molecule has 0 aliphatic rings. The standard InChI is InChI=1S/C9H18N10/c1-8(18-14-6-10)16-12-4-3-5-13-17-9(2)19-15-7-11/h6-7H,3-5H2,1-2H3,(H2,10,14)(H2,11,15)/b16-12+,17-13+,18-8-,19-9-. The summed E-state index contributed by atoms with van der Waals surface area (Å²) in [6.45, 7) is 4.39. The third-order valence-corrected chi connectivity index (χ3v) is 1.53. The first kappa shape index (κ1) is 16.5. The molecule has 0 unspecified atom stereocenters. The highest BCUT2D eigenvalue weighted by atomic mass is 15.3. The van der Waals surface area contributed by atoms with E-state index in [0.717, 1.165) is 12.7 Å². The summed E-state index contributed by atoms with van der Waals surface area (Å²) in [5.41, 5.74) is 4.69. The minimum absolute atomic E-state index is 0.450. The van der Waals surface area contributed by atoms with Gasteiger partial charge in [0.25, 0.3) is 0 Å². The van der Waals surface area contributed by atoms with Crippen LogP contribution >= 0.6 is 0 Å². The fraction of sp³-hybridized carbons (Fsp3) is 0.556. The predicted molar refractivity (Wildman–Crippen MR) is 74.1 cm³/mol. The summed E-state index contributed by atoms with van der Waals surface area (Å²) in [4.78, 5) is 0. The molecule has 10 heteroatoms. The molecule has 0 bridgehead atoms. The quantitative estimate of drug-likeness (QED) is 0.173. The van der Waals surface area contributed by atoms with Gasteiger partial charge in [-0.15, -0.1) is 10.2 Å². The summed E-state index contributed by atoms with van der Waals surface area (Å²) >= 11 is 0. The SMILES string of the molecule is CC(=N/NC=N)/N=N/CCC/N=N/C(C)=N\NC=N. The summed E-state index contributed by atoms with van der Waals surface area (Å²) in [5.74, 6) is 0.900. The Labute approximate surface area is 111 Å². The van der Waals surface area contributed by atoms with Crippen LogP contribution in [0, 0.1) is 10.8 Å². The van der Waals surface area contributed by atoms with Gasteiger partial charge in [-0.05, 0) is 20.3 Å². The zero-order chi connectivity index (χ0) is 14.3. The zero-order valence-corrected chi connectivity index (χ0v) is 11.0. The molecule has 4 N–H and O–H groups in total. The van der Waals surface area contributed by atoms with E-state index >= 15 is 0 Å². The molecule has 0 saturated heterocycles. The number of nitrogens with one attached hydrogen (secondary N) is 4. The molecule has 104 valence electrons. The highest BCUT2D eigenvalue weighted by Gasteiger charge is 1.87. The fourth-order valence-corrected chi connectivity index (χ4v) is 0.813. The van der Waals surface area contributed by atoms with E-state index in [-0.39, 0.29) is 0 Å². The van der Waals surface area contributed by atoms with Gasteiger partial charge in [-0.2, -0.15) is 20.4 Å². The molecule has 0 atom stereocenters. The van der Waals surface area contributed by atoms with E-state index in [1.54, 1.807) is 13.8 Å². The minimum Gasteiger partial charge on any atom is -0.290 e. The number of hydrogen-bond donors (Lipinski definition) is 4. The van der Waals surface area contributed by atoms with Crippen LogP contribution in [-0.4, -0.2) is 37.4 Å². The van der Waals surface area contributed by atoms with Gasteiger partial charge in [0.1, 0.15) is 0 Å². The third-order valence-electron chi connectivity index (χ3n) is 1.53. The Morgan fingerprint density at radius 1 is 0.895 bits per heavy atom. The predicted octanol–water partition coefficient (Wildman–Crippen LogP) is 1.34. The van der Waals surface area contributed by atoms with E-state index in [9.17, 15) is 0 Å². The lowest BCUT2D eigenvalue weighted by Gasteiger charge is -1.92. The number of hydrogen-bond acceptors (Lipinski definition) is 6. The van der Waals surface area contributed by atoms with Gasteiger partial charge in [-0.3, -0.25) is 21.7 Å². The molecule has 0 amide bonds. The van der Waals surface area contributed by atoms with Crippen LogP contribution in [0.2, 0.25) is 0 Å². The van der Waals surface area contributed by atoms with Crippen molar-refractivity contribution in [2.45, 2.75) is 20.3 Å². The molecule has 0 rings (SSSR count). The van der Waals surface area contributed by atoms with Crippen molar-refractivity contribution in [3.05, 3.63) is 0 Å². The third kappa shape index (κ3) is 11.7. The van der Waals surface area contributed by atoms with Gasteiger partial charge in [0.2, 0.25) is 0 Å². The Kier molecular flexibility index (Phi) is 10.4. The maximum atomic E-state index is 6.70. The normalized spacial score (nSPS) is 12.9. The van der Waals surface area contributed by atoms with Crippen molar-refractivity contribution < 1.29 is 0 Å². The summed E-state index contributed by atoms with van der Waals surface area (Å²) in [7, 11) is 0. The summed E-state index contributed by atoms with van der Waals surface area (Å²) in [5, 5.41) is 36.2. The molecule has 0 aromatic rings. The summed E-state index contributed by atoms with van der Waals surface area (Å²) < 4.78 is 0. The Hall–Kier alpha value is -2.52. The van der Waals surface area contributed by atoms with E-state index in [1.807, 2.05) is 0 Å². The Morgan fingerprint density at radius 3 is 1.68 bits per heavy atom. The molecular weight excluding hydrogens is 248 g/mol. The van der Waals surface area contributed by atoms with Crippen molar-refractivity contribution in [2.75, 3.05) is 13.1 Å². The van der Waals surface area contributed by atoms with Gasteiger partial charge in [0.15, 0.2) is 11.7 Å². The molecule has 10 nitrogen and oxygen atoms in total. The number of nitrogens with zero attached hydrogens (tertiary/aromatic N) is 6. The average molecular weight is 266 g/mol. The van der Waals surface area contributed by atoms with Gasteiger partial charge in [-0.25, -0.2) is 0 Å². The fourth-order valence-electron chi connectivity index (χ4n) is 0.813. The van der Waals surface area contributed by atoms with Crippen molar-refractivity contribution in [1.82, 2.24) is 10.9 Å². The van der Waals surface area contributed by atoms with Crippen molar-refractivity contribution in [2.24, 2.45) is 30.7 Å². The molecule has 0 aromatic heterocycles. The zero-order valence-electron chi connectivity index (χ0n) is 11.0. The van der Waals surface area contributed by atoms with E-state index < -0.39 is 0 Å². The monoisotopic (exact) mass is 266 g/mol. The van der Waals surface area contributed by atoms with E-state index in [0.29, 0.717) is 31.2 Å². The van der Waals surface area contributed by atoms with Gasteiger partial charge in [0, 0.05) is 0 Å². The lowest BCUT2D eigenvalue weighted by atomic mass is 10.4. The van der Waals surface area contributed by atoms with Crippen LogP contribution in [-0.2, 0) is 0 Å². The second kappa shape index (κ2) is 12.0.